The maximum atomic E-state index is 13.9. The number of benzene rings is 1. The highest BCUT2D eigenvalue weighted by Gasteiger charge is 2.31. The van der Waals surface area contributed by atoms with E-state index in [-0.39, 0.29) is 17.1 Å². The van der Waals surface area contributed by atoms with Crippen LogP contribution in [0, 0.1) is 0 Å². The number of nitrogens with one attached hydrogen (secondary N) is 1. The first kappa shape index (κ1) is 38.4. The average Bonchev–Trinajstić information content (AvgIpc) is 2.95. The quantitative estimate of drug-likeness (QED) is 0.0680. The molecule has 2 atom stereocenters. The van der Waals surface area contributed by atoms with E-state index < -0.39 is 45.6 Å². The van der Waals surface area contributed by atoms with E-state index in [1.165, 1.54) is 101 Å². The normalized spacial score (nSPS) is 13.1. The molecule has 0 aromatic heterocycles. The number of sulfone groups is 1. The molecule has 1 rings (SSSR count). The molecule has 1 aromatic rings. The van der Waals surface area contributed by atoms with Gasteiger partial charge < -0.3 is 14.8 Å². The predicted octanol–water partition coefficient (Wildman–Crippen LogP) is 8.80. The molecule has 242 valence electrons. The van der Waals surface area contributed by atoms with Crippen LogP contribution >= 0.6 is 23.2 Å². The average molecular weight is 655 g/mol. The van der Waals surface area contributed by atoms with Crippen LogP contribution in [0.5, 0.6) is 0 Å². The van der Waals surface area contributed by atoms with Crippen molar-refractivity contribution in [3.63, 3.8) is 0 Å². The number of ether oxygens (including phenoxy) is 2. The fourth-order valence-electron chi connectivity index (χ4n) is 4.67. The Morgan fingerprint density at radius 1 is 0.810 bits per heavy atom. The van der Waals surface area contributed by atoms with Crippen molar-refractivity contribution in [3.8, 4) is 0 Å². The van der Waals surface area contributed by atoms with Gasteiger partial charge in [0, 0.05) is 6.26 Å². The molecule has 0 saturated carbocycles. The summed E-state index contributed by atoms with van der Waals surface area (Å²) in [6.45, 7) is 1.30. The van der Waals surface area contributed by atoms with Gasteiger partial charge >= 0.3 is 6.16 Å². The summed E-state index contributed by atoms with van der Waals surface area (Å²) in [6.07, 6.45) is 18.5. The molecule has 1 N–H and O–H groups in total. The van der Waals surface area contributed by atoms with E-state index in [0.29, 0.717) is 6.42 Å². The van der Waals surface area contributed by atoms with Crippen LogP contribution in [0.1, 0.15) is 121 Å². The molecule has 7 nitrogen and oxygen atoms in total. The van der Waals surface area contributed by atoms with Gasteiger partial charge in [-0.1, -0.05) is 139 Å². The van der Waals surface area contributed by atoms with Gasteiger partial charge in [0.15, 0.2) is 20.8 Å². The number of rotatable bonds is 24. The van der Waals surface area contributed by atoms with Crippen LogP contribution in [0.3, 0.4) is 0 Å². The molecule has 0 spiro atoms. The third kappa shape index (κ3) is 17.5. The standard InChI is InChI=1S/C31H50Cl2FNO6S/c1-3-4-5-6-7-8-9-10-11-12-13-14-15-16-17-18-23-40-31(37)41-28(27(24-34)35-30(36)29(32)33)25-19-21-26(22-20-25)42(2,38)39/h19-22,27-29H,3-18,23-24H2,1-2H3,(H,35,36)/t27-,28-/m1/s1. The lowest BCUT2D eigenvalue weighted by Gasteiger charge is -2.26. The number of hydrogen-bond acceptors (Lipinski definition) is 6. The second kappa shape index (κ2) is 22.9. The van der Waals surface area contributed by atoms with E-state index in [1.807, 2.05) is 0 Å². The summed E-state index contributed by atoms with van der Waals surface area (Å²) in [5.74, 6) is -0.858. The SMILES string of the molecule is CCCCCCCCCCCCCCCCCCOC(=O)O[C@H](c1ccc(S(C)(=O)=O)cc1)[C@@H](CF)NC(=O)C(Cl)Cl. The van der Waals surface area contributed by atoms with Crippen molar-refractivity contribution in [1.29, 1.82) is 0 Å². The number of carbonyl (C=O) groups excluding carboxylic acids is 2. The Kier molecular flexibility index (Phi) is 21.0. The first-order chi connectivity index (χ1) is 20.1. The van der Waals surface area contributed by atoms with Gasteiger partial charge in [0.2, 0.25) is 0 Å². The zero-order valence-electron chi connectivity index (χ0n) is 25.3. The van der Waals surface area contributed by atoms with Crippen LogP contribution in [-0.4, -0.2) is 50.9 Å². The summed E-state index contributed by atoms with van der Waals surface area (Å²) in [7, 11) is -3.47. The fraction of sp³-hybridized carbons (Fsp3) is 0.742. The molecule has 11 heteroatoms. The first-order valence-corrected chi connectivity index (χ1v) is 18.1. The van der Waals surface area contributed by atoms with Gasteiger partial charge in [-0.2, -0.15) is 0 Å². The van der Waals surface area contributed by atoms with Crippen molar-refractivity contribution in [2.75, 3.05) is 19.5 Å². The highest BCUT2D eigenvalue weighted by Crippen LogP contribution is 2.25. The Hall–Kier alpha value is -1.58. The molecule has 1 amide bonds. The van der Waals surface area contributed by atoms with Gasteiger partial charge in [-0.3, -0.25) is 4.79 Å². The Morgan fingerprint density at radius 2 is 1.26 bits per heavy atom. The second-order valence-electron chi connectivity index (χ2n) is 10.9. The smallest absolute Gasteiger partial charge is 0.434 e. The summed E-state index contributed by atoms with van der Waals surface area (Å²) in [5, 5.41) is 2.31. The molecule has 0 bridgehead atoms. The predicted molar refractivity (Wildman–Crippen MR) is 168 cm³/mol. The van der Waals surface area contributed by atoms with Gasteiger partial charge in [0.25, 0.3) is 5.91 Å². The topological polar surface area (TPSA) is 98.8 Å². The molecule has 0 aliphatic heterocycles. The van der Waals surface area contributed by atoms with E-state index in [4.69, 9.17) is 32.7 Å². The Morgan fingerprint density at radius 3 is 1.67 bits per heavy atom. The van der Waals surface area contributed by atoms with Crippen LogP contribution in [0.2, 0.25) is 0 Å². The highest BCUT2D eigenvalue weighted by molar-refractivity contribution is 7.90. The van der Waals surface area contributed by atoms with Crippen LogP contribution in [0.15, 0.2) is 29.2 Å². The van der Waals surface area contributed by atoms with Crippen LogP contribution in [-0.2, 0) is 24.1 Å². The zero-order chi connectivity index (χ0) is 31.2. The summed E-state index contributed by atoms with van der Waals surface area (Å²) in [4.78, 5) is 23.0. The van der Waals surface area contributed by atoms with Crippen molar-refractivity contribution >= 4 is 45.1 Å². The number of carbonyl (C=O) groups is 2. The summed E-state index contributed by atoms with van der Waals surface area (Å²) < 4.78 is 48.1. The molecule has 42 heavy (non-hydrogen) atoms. The van der Waals surface area contributed by atoms with Gasteiger partial charge in [-0.05, 0) is 24.1 Å². The highest BCUT2D eigenvalue weighted by atomic mass is 35.5. The summed E-state index contributed by atoms with van der Waals surface area (Å²) in [5.41, 5.74) is 0.269. The maximum absolute atomic E-state index is 13.9. The molecule has 0 radical (unpaired) electrons. The third-order valence-corrected chi connectivity index (χ3v) is 8.66. The molecule has 0 heterocycles. The van der Waals surface area contributed by atoms with E-state index >= 15 is 0 Å². The number of halogens is 3. The lowest BCUT2D eigenvalue weighted by atomic mass is 10.0. The zero-order valence-corrected chi connectivity index (χ0v) is 27.6. The molecule has 0 aliphatic carbocycles. The Labute approximate surface area is 262 Å². The number of alkyl halides is 3. The minimum absolute atomic E-state index is 0.0403. The van der Waals surface area contributed by atoms with Crippen molar-refractivity contribution in [2.24, 2.45) is 0 Å². The monoisotopic (exact) mass is 653 g/mol. The van der Waals surface area contributed by atoms with E-state index in [2.05, 4.69) is 12.2 Å². The molecule has 0 fully saturated rings. The number of amides is 1. The number of hydrogen-bond donors (Lipinski definition) is 1. The fourth-order valence-corrected chi connectivity index (χ4v) is 5.43. The number of unbranched alkanes of at least 4 members (excludes halogenated alkanes) is 15. The van der Waals surface area contributed by atoms with Crippen LogP contribution < -0.4 is 5.32 Å². The van der Waals surface area contributed by atoms with Gasteiger partial charge in [0.05, 0.1) is 17.5 Å². The van der Waals surface area contributed by atoms with Crippen LogP contribution in [0.4, 0.5) is 9.18 Å². The first-order valence-electron chi connectivity index (χ1n) is 15.4. The lowest BCUT2D eigenvalue weighted by molar-refractivity contribution is -0.121. The summed E-state index contributed by atoms with van der Waals surface area (Å²) in [6, 6.07) is 4.08. The third-order valence-electron chi connectivity index (χ3n) is 7.14. The van der Waals surface area contributed by atoms with Gasteiger partial charge in [0.1, 0.15) is 6.67 Å². The molecule has 0 unspecified atom stereocenters. The summed E-state index contributed by atoms with van der Waals surface area (Å²) >= 11 is 11.1. The minimum Gasteiger partial charge on any atom is -0.434 e. The van der Waals surface area contributed by atoms with E-state index in [0.717, 1.165) is 25.5 Å². The molecular formula is C31H50Cl2FNO6S. The Bertz CT molecular complexity index is 978. The maximum Gasteiger partial charge on any atom is 0.508 e. The van der Waals surface area contributed by atoms with Crippen molar-refractivity contribution in [1.82, 2.24) is 5.32 Å². The van der Waals surface area contributed by atoms with Gasteiger partial charge in [-0.15, -0.1) is 0 Å². The van der Waals surface area contributed by atoms with Crippen LogP contribution in [0.25, 0.3) is 0 Å². The molecular weight excluding hydrogens is 604 g/mol. The Balaban J connectivity index is 2.35. The molecule has 1 aromatic carbocycles. The van der Waals surface area contributed by atoms with Crippen molar-refractivity contribution in [2.45, 2.75) is 132 Å². The minimum atomic E-state index is -3.47. The van der Waals surface area contributed by atoms with E-state index in [9.17, 15) is 22.4 Å². The van der Waals surface area contributed by atoms with Crippen molar-refractivity contribution in [3.05, 3.63) is 29.8 Å². The molecule has 0 aliphatic rings. The van der Waals surface area contributed by atoms with Crippen molar-refractivity contribution < 1.29 is 31.9 Å². The lowest BCUT2D eigenvalue weighted by Crippen LogP contribution is -2.44. The van der Waals surface area contributed by atoms with E-state index in [1.54, 1.807) is 0 Å². The molecule has 0 saturated heterocycles. The second-order valence-corrected chi connectivity index (χ2v) is 14.0. The van der Waals surface area contributed by atoms with Gasteiger partial charge in [-0.25, -0.2) is 17.6 Å². The largest absolute Gasteiger partial charge is 0.508 e.